The first-order chi connectivity index (χ1) is 15.4. The normalized spacial score (nSPS) is 12.1. The minimum absolute atomic E-state index is 0.00593. The van der Waals surface area contributed by atoms with Gasteiger partial charge in [-0.15, -0.1) is 11.3 Å². The SMILES string of the molecule is Cc1nc(-c2ccoc2P(=O)(OCOC(=S)C(C)C)OCOC(=S)C(C)C)c(CC(C)C)s1. The van der Waals surface area contributed by atoms with Crippen LogP contribution in [0.3, 0.4) is 0 Å². The van der Waals surface area contributed by atoms with E-state index in [4.69, 9.17) is 47.4 Å². The van der Waals surface area contributed by atoms with E-state index in [2.05, 4.69) is 18.8 Å². The Kier molecular flexibility index (Phi) is 10.7. The standard InChI is InChI=1S/C22H32NO6PS3/c1-13(2)10-18-19(23-16(7)33-18)17-8-9-25-20(17)30(24,28-11-26-21(31)14(3)4)29-12-27-22(32)15(5)6/h8-9,13-15H,10-12H2,1-7H3. The number of hydrogen-bond acceptors (Lipinski definition) is 10. The van der Waals surface area contributed by atoms with Crippen molar-refractivity contribution in [2.24, 2.45) is 17.8 Å². The van der Waals surface area contributed by atoms with Crippen LogP contribution in [-0.4, -0.2) is 28.7 Å². The lowest BCUT2D eigenvalue weighted by atomic mass is 10.1. The second-order valence-corrected chi connectivity index (χ2v) is 12.5. The molecule has 0 saturated carbocycles. The van der Waals surface area contributed by atoms with E-state index in [-0.39, 0.29) is 30.9 Å². The highest BCUT2D eigenvalue weighted by molar-refractivity contribution is 7.80. The van der Waals surface area contributed by atoms with E-state index >= 15 is 0 Å². The van der Waals surface area contributed by atoms with E-state index in [0.29, 0.717) is 27.3 Å². The monoisotopic (exact) mass is 533 g/mol. The van der Waals surface area contributed by atoms with Crippen LogP contribution in [0.5, 0.6) is 0 Å². The number of ether oxygens (including phenoxy) is 2. The van der Waals surface area contributed by atoms with Crippen LogP contribution in [0.4, 0.5) is 0 Å². The second-order valence-electron chi connectivity index (χ2n) is 8.47. The van der Waals surface area contributed by atoms with Crippen molar-refractivity contribution in [1.82, 2.24) is 4.98 Å². The average Bonchev–Trinajstić information content (AvgIpc) is 3.33. The third kappa shape index (κ3) is 7.94. The minimum Gasteiger partial charge on any atom is -0.460 e. The number of thiocarbonyl (C=S) groups is 2. The molecule has 11 heteroatoms. The van der Waals surface area contributed by atoms with Gasteiger partial charge in [-0.25, -0.2) is 4.98 Å². The Balaban J connectivity index is 2.36. The van der Waals surface area contributed by atoms with E-state index in [1.54, 1.807) is 17.4 Å². The Morgan fingerprint density at radius 1 is 1.06 bits per heavy atom. The molecule has 33 heavy (non-hydrogen) atoms. The van der Waals surface area contributed by atoms with Gasteiger partial charge in [0, 0.05) is 16.7 Å². The Bertz CT molecular complexity index is 968. The number of thiazole rings is 1. The molecule has 0 aromatic carbocycles. The van der Waals surface area contributed by atoms with Crippen molar-refractivity contribution >= 4 is 59.0 Å². The molecule has 0 amide bonds. The summed E-state index contributed by atoms with van der Waals surface area (Å²) in [6.07, 6.45) is 2.27. The van der Waals surface area contributed by atoms with E-state index in [0.717, 1.165) is 16.3 Å². The summed E-state index contributed by atoms with van der Waals surface area (Å²) in [4.78, 5) is 5.74. The molecule has 0 N–H and O–H groups in total. The molecule has 0 atom stereocenters. The molecule has 2 aromatic heterocycles. The lowest BCUT2D eigenvalue weighted by Crippen LogP contribution is -2.18. The summed E-state index contributed by atoms with van der Waals surface area (Å²) in [6, 6.07) is 1.71. The summed E-state index contributed by atoms with van der Waals surface area (Å²) >= 11 is 11.9. The largest absolute Gasteiger partial charge is 0.460 e. The molecular weight excluding hydrogens is 501 g/mol. The van der Waals surface area contributed by atoms with Crippen LogP contribution < -0.4 is 5.50 Å². The van der Waals surface area contributed by atoms with Crippen molar-refractivity contribution in [3.8, 4) is 11.3 Å². The summed E-state index contributed by atoms with van der Waals surface area (Å²) in [7, 11) is -4.02. The number of nitrogens with zero attached hydrogens (tertiary/aromatic N) is 1. The molecule has 2 heterocycles. The van der Waals surface area contributed by atoms with Gasteiger partial charge in [0.05, 0.1) is 22.5 Å². The van der Waals surface area contributed by atoms with Crippen LogP contribution >= 0.6 is 43.4 Å². The Morgan fingerprint density at radius 3 is 2.09 bits per heavy atom. The summed E-state index contributed by atoms with van der Waals surface area (Å²) in [5, 5.41) is 1.58. The number of rotatable bonds is 12. The fourth-order valence-corrected chi connectivity index (χ4v) is 5.29. The highest BCUT2D eigenvalue weighted by atomic mass is 32.1. The Morgan fingerprint density at radius 2 is 1.61 bits per heavy atom. The molecule has 7 nitrogen and oxygen atoms in total. The highest BCUT2D eigenvalue weighted by Crippen LogP contribution is 2.50. The highest BCUT2D eigenvalue weighted by Gasteiger charge is 2.37. The van der Waals surface area contributed by atoms with Crippen molar-refractivity contribution in [1.29, 1.82) is 0 Å². The van der Waals surface area contributed by atoms with Crippen LogP contribution in [0.2, 0.25) is 0 Å². The third-order valence-corrected chi connectivity index (χ3v) is 8.24. The molecule has 0 bridgehead atoms. The molecule has 2 rings (SSSR count). The van der Waals surface area contributed by atoms with Gasteiger partial charge in [-0.1, -0.05) is 41.5 Å². The first-order valence-corrected chi connectivity index (χ1v) is 13.9. The van der Waals surface area contributed by atoms with Gasteiger partial charge in [0.15, 0.2) is 23.7 Å². The molecule has 0 aliphatic heterocycles. The summed E-state index contributed by atoms with van der Waals surface area (Å²) in [5.41, 5.74) is 1.30. The lowest BCUT2D eigenvalue weighted by Gasteiger charge is -2.19. The maximum absolute atomic E-state index is 13.9. The van der Waals surface area contributed by atoms with E-state index < -0.39 is 7.60 Å². The van der Waals surface area contributed by atoms with Gasteiger partial charge >= 0.3 is 7.60 Å². The van der Waals surface area contributed by atoms with Crippen molar-refractivity contribution in [3.63, 3.8) is 0 Å². The molecule has 0 fully saturated rings. The summed E-state index contributed by atoms with van der Waals surface area (Å²) in [6.45, 7) is 13.1. The Hall–Kier alpha value is -1.16. The molecule has 0 aliphatic rings. The zero-order valence-electron chi connectivity index (χ0n) is 20.1. The summed E-state index contributed by atoms with van der Waals surface area (Å²) in [5.74, 6) is 0.437. The lowest BCUT2D eigenvalue weighted by molar-refractivity contribution is 0.0510. The van der Waals surface area contributed by atoms with Gasteiger partial charge in [-0.05, 0) is 49.8 Å². The smallest absolute Gasteiger partial charge is 0.402 e. The van der Waals surface area contributed by atoms with Crippen LogP contribution in [0, 0.1) is 24.7 Å². The molecular formula is C22H32NO6PS3. The zero-order valence-corrected chi connectivity index (χ0v) is 23.4. The van der Waals surface area contributed by atoms with Gasteiger partial charge in [-0.2, -0.15) is 0 Å². The van der Waals surface area contributed by atoms with Crippen LogP contribution in [0.15, 0.2) is 16.7 Å². The molecule has 0 unspecified atom stereocenters. The zero-order chi connectivity index (χ0) is 24.8. The van der Waals surface area contributed by atoms with Crippen molar-refractivity contribution in [2.75, 3.05) is 13.6 Å². The van der Waals surface area contributed by atoms with Crippen molar-refractivity contribution in [2.45, 2.75) is 54.9 Å². The molecule has 0 radical (unpaired) electrons. The van der Waals surface area contributed by atoms with Crippen molar-refractivity contribution < 1.29 is 27.5 Å². The molecule has 2 aromatic rings. The maximum Gasteiger partial charge on any atom is 0.402 e. The van der Waals surface area contributed by atoms with Crippen LogP contribution in [0.1, 0.15) is 51.4 Å². The van der Waals surface area contributed by atoms with Gasteiger partial charge in [-0.3, -0.25) is 13.6 Å². The number of furan rings is 1. The van der Waals surface area contributed by atoms with Crippen molar-refractivity contribution in [3.05, 3.63) is 22.2 Å². The minimum atomic E-state index is -4.02. The van der Waals surface area contributed by atoms with Gasteiger partial charge in [0.2, 0.25) is 5.50 Å². The summed E-state index contributed by atoms with van der Waals surface area (Å²) < 4.78 is 41.6. The van der Waals surface area contributed by atoms with Gasteiger partial charge in [0.25, 0.3) is 0 Å². The first kappa shape index (κ1) is 28.1. The predicted octanol–water partition coefficient (Wildman–Crippen LogP) is 6.68. The second kappa shape index (κ2) is 12.5. The molecule has 0 spiro atoms. The van der Waals surface area contributed by atoms with Gasteiger partial charge < -0.3 is 13.9 Å². The van der Waals surface area contributed by atoms with E-state index in [1.807, 2.05) is 34.6 Å². The van der Waals surface area contributed by atoms with Crippen LogP contribution in [-0.2, 0) is 29.5 Å². The van der Waals surface area contributed by atoms with Gasteiger partial charge in [0.1, 0.15) is 0 Å². The fraction of sp³-hybridized carbons (Fsp3) is 0.591. The maximum atomic E-state index is 13.9. The quantitative estimate of drug-likeness (QED) is 0.169. The number of aromatic nitrogens is 1. The average molecular weight is 534 g/mol. The topological polar surface area (TPSA) is 80.0 Å². The Labute approximate surface area is 210 Å². The van der Waals surface area contributed by atoms with Crippen LogP contribution in [0.25, 0.3) is 11.3 Å². The predicted molar refractivity (Wildman–Crippen MR) is 139 cm³/mol. The number of hydrogen-bond donors (Lipinski definition) is 0. The van der Waals surface area contributed by atoms with E-state index in [9.17, 15) is 4.57 Å². The molecule has 0 saturated heterocycles. The number of aryl methyl sites for hydroxylation is 1. The third-order valence-electron chi connectivity index (χ3n) is 4.34. The first-order valence-electron chi connectivity index (χ1n) is 10.7. The van der Waals surface area contributed by atoms with E-state index in [1.165, 1.54) is 6.26 Å². The molecule has 184 valence electrons. The fourth-order valence-electron chi connectivity index (χ4n) is 2.68. The molecule has 0 aliphatic carbocycles.